The zero-order chi connectivity index (χ0) is 15.7. The molecule has 0 fully saturated rings. The first-order chi connectivity index (χ1) is 10.1. The maximum absolute atomic E-state index is 11.3. The Bertz CT molecular complexity index is 492. The van der Waals surface area contributed by atoms with Crippen molar-refractivity contribution in [2.45, 2.75) is 0 Å². The van der Waals surface area contributed by atoms with Gasteiger partial charge in [0, 0.05) is 13.2 Å². The lowest BCUT2D eigenvalue weighted by Crippen LogP contribution is -2.13. The summed E-state index contributed by atoms with van der Waals surface area (Å²) in [4.78, 5) is 25.4. The Kier molecular flexibility index (Phi) is 7.05. The van der Waals surface area contributed by atoms with Crippen molar-refractivity contribution in [3.05, 3.63) is 27.9 Å². The van der Waals surface area contributed by atoms with Crippen LogP contribution in [0.4, 0.5) is 5.69 Å². The van der Waals surface area contributed by atoms with E-state index in [0.29, 0.717) is 13.2 Å². The van der Waals surface area contributed by atoms with E-state index in [1.54, 1.807) is 7.11 Å². The molecule has 0 bridgehead atoms. The first kappa shape index (κ1) is 16.8. The van der Waals surface area contributed by atoms with Crippen LogP contribution in [0.3, 0.4) is 0 Å². The van der Waals surface area contributed by atoms with Crippen molar-refractivity contribution in [2.75, 3.05) is 40.6 Å². The van der Waals surface area contributed by atoms with Crippen molar-refractivity contribution in [1.29, 1.82) is 0 Å². The van der Waals surface area contributed by atoms with Crippen LogP contribution in [-0.2, 0) is 14.2 Å². The maximum Gasteiger partial charge on any atom is 0.356 e. The molecule has 0 atom stereocenters. The molecule has 0 N–H and O–H groups in total. The van der Waals surface area contributed by atoms with E-state index in [4.69, 9.17) is 14.2 Å². The minimum atomic E-state index is -0.703. The summed E-state index contributed by atoms with van der Waals surface area (Å²) in [6.45, 7) is 1.10. The Morgan fingerprint density at radius 2 is 1.95 bits per heavy atom. The fraction of sp³-hybridized carbons (Fsp3) is 0.500. The molecule has 0 aliphatic rings. The summed E-state index contributed by atoms with van der Waals surface area (Å²) in [5.74, 6) is -0.954. The van der Waals surface area contributed by atoms with Gasteiger partial charge in [0.2, 0.25) is 0 Å². The number of methoxy groups -OCH3 is 2. The molecule has 1 heterocycles. The predicted molar refractivity (Wildman–Crippen MR) is 70.4 cm³/mol. The van der Waals surface area contributed by atoms with Gasteiger partial charge < -0.3 is 18.9 Å². The molecular formula is C12H16N2O7. The summed E-state index contributed by atoms with van der Waals surface area (Å²) in [6.07, 6.45) is 0. The number of hydrogen-bond acceptors (Lipinski definition) is 8. The van der Waals surface area contributed by atoms with Crippen molar-refractivity contribution in [2.24, 2.45) is 0 Å². The SMILES string of the molecule is COCCOCCOc1nc(C(=O)OC)ccc1[N+](=O)[O-]. The molecule has 21 heavy (non-hydrogen) atoms. The molecule has 116 valence electrons. The van der Waals surface area contributed by atoms with Crippen molar-refractivity contribution < 1.29 is 28.7 Å². The number of hydrogen-bond donors (Lipinski definition) is 0. The highest BCUT2D eigenvalue weighted by atomic mass is 16.6. The third kappa shape index (κ3) is 5.32. The second kappa shape index (κ2) is 8.82. The fourth-order valence-corrected chi connectivity index (χ4v) is 1.34. The van der Waals surface area contributed by atoms with Crippen molar-refractivity contribution >= 4 is 11.7 Å². The van der Waals surface area contributed by atoms with Gasteiger partial charge in [-0.3, -0.25) is 10.1 Å². The van der Waals surface area contributed by atoms with Gasteiger partial charge in [-0.05, 0) is 6.07 Å². The van der Waals surface area contributed by atoms with Crippen LogP contribution in [0, 0.1) is 10.1 Å². The molecule has 1 aromatic rings. The van der Waals surface area contributed by atoms with Gasteiger partial charge in [-0.1, -0.05) is 0 Å². The number of pyridine rings is 1. The highest BCUT2D eigenvalue weighted by Crippen LogP contribution is 2.24. The molecule has 0 unspecified atom stereocenters. The van der Waals surface area contributed by atoms with E-state index >= 15 is 0 Å². The normalized spacial score (nSPS) is 10.2. The van der Waals surface area contributed by atoms with Gasteiger partial charge in [0.1, 0.15) is 6.61 Å². The van der Waals surface area contributed by atoms with Gasteiger partial charge in [0.15, 0.2) is 5.69 Å². The molecular weight excluding hydrogens is 284 g/mol. The van der Waals surface area contributed by atoms with Crippen molar-refractivity contribution in [3.63, 3.8) is 0 Å². The number of nitro groups is 1. The first-order valence-corrected chi connectivity index (χ1v) is 6.03. The Hall–Kier alpha value is -2.26. The molecule has 0 radical (unpaired) electrons. The Morgan fingerprint density at radius 3 is 2.57 bits per heavy atom. The van der Waals surface area contributed by atoms with Crippen LogP contribution in [0.25, 0.3) is 0 Å². The zero-order valence-electron chi connectivity index (χ0n) is 11.7. The van der Waals surface area contributed by atoms with E-state index < -0.39 is 10.9 Å². The maximum atomic E-state index is 11.3. The minimum Gasteiger partial charge on any atom is -0.470 e. The van der Waals surface area contributed by atoms with E-state index in [-0.39, 0.29) is 30.5 Å². The molecule has 0 amide bonds. The molecule has 9 heteroatoms. The molecule has 0 aliphatic heterocycles. The van der Waals surface area contributed by atoms with Crippen LogP contribution in [0.1, 0.15) is 10.5 Å². The number of aromatic nitrogens is 1. The Labute approximate surface area is 120 Å². The Morgan fingerprint density at radius 1 is 1.24 bits per heavy atom. The van der Waals surface area contributed by atoms with Crippen LogP contribution < -0.4 is 4.74 Å². The highest BCUT2D eigenvalue weighted by molar-refractivity contribution is 5.87. The van der Waals surface area contributed by atoms with E-state index in [2.05, 4.69) is 9.72 Å². The highest BCUT2D eigenvalue weighted by Gasteiger charge is 2.20. The van der Waals surface area contributed by atoms with Gasteiger partial charge in [0.25, 0.3) is 5.88 Å². The average molecular weight is 300 g/mol. The number of carbonyl (C=O) groups is 1. The molecule has 9 nitrogen and oxygen atoms in total. The molecule has 0 aromatic carbocycles. The van der Waals surface area contributed by atoms with Gasteiger partial charge in [-0.25, -0.2) is 9.78 Å². The summed E-state index contributed by atoms with van der Waals surface area (Å²) in [7, 11) is 2.74. The summed E-state index contributed by atoms with van der Waals surface area (Å²) < 4.78 is 19.6. The van der Waals surface area contributed by atoms with E-state index in [9.17, 15) is 14.9 Å². The largest absolute Gasteiger partial charge is 0.470 e. The van der Waals surface area contributed by atoms with Crippen LogP contribution in [-0.4, -0.2) is 56.5 Å². The van der Waals surface area contributed by atoms with Crippen LogP contribution in [0.5, 0.6) is 5.88 Å². The zero-order valence-corrected chi connectivity index (χ0v) is 11.7. The van der Waals surface area contributed by atoms with Gasteiger partial charge in [0.05, 0.1) is 31.9 Å². The second-order valence-corrected chi connectivity index (χ2v) is 3.72. The van der Waals surface area contributed by atoms with Gasteiger partial charge in [-0.2, -0.15) is 0 Å². The molecule has 0 saturated heterocycles. The number of nitrogens with zero attached hydrogens (tertiary/aromatic N) is 2. The number of rotatable bonds is 9. The average Bonchev–Trinajstić information content (AvgIpc) is 2.49. The summed E-state index contributed by atoms with van der Waals surface area (Å²) in [5, 5.41) is 10.9. The van der Waals surface area contributed by atoms with Crippen molar-refractivity contribution in [1.82, 2.24) is 4.98 Å². The summed E-state index contributed by atoms with van der Waals surface area (Å²) in [5.41, 5.74) is -0.405. The lowest BCUT2D eigenvalue weighted by atomic mass is 10.3. The van der Waals surface area contributed by atoms with E-state index in [0.717, 1.165) is 6.07 Å². The summed E-state index contributed by atoms with van der Waals surface area (Å²) >= 11 is 0. The van der Waals surface area contributed by atoms with Crippen LogP contribution in [0.15, 0.2) is 12.1 Å². The Balaban J connectivity index is 2.68. The first-order valence-electron chi connectivity index (χ1n) is 6.03. The fourth-order valence-electron chi connectivity index (χ4n) is 1.34. The molecule has 1 rings (SSSR count). The standard InChI is InChI=1S/C12H16N2O7/c1-18-5-6-20-7-8-21-11-10(14(16)17)4-3-9(13-11)12(15)19-2/h3-4H,5-8H2,1-2H3. The van der Waals surface area contributed by atoms with Crippen molar-refractivity contribution in [3.8, 4) is 5.88 Å². The topological polar surface area (TPSA) is 110 Å². The van der Waals surface area contributed by atoms with Crippen LogP contribution >= 0.6 is 0 Å². The quantitative estimate of drug-likeness (QED) is 0.285. The number of ether oxygens (including phenoxy) is 4. The van der Waals surface area contributed by atoms with Gasteiger partial charge >= 0.3 is 11.7 Å². The minimum absolute atomic E-state index is 0.0577. The van der Waals surface area contributed by atoms with E-state index in [1.165, 1.54) is 13.2 Å². The molecule has 0 saturated carbocycles. The molecule has 1 aromatic heterocycles. The lowest BCUT2D eigenvalue weighted by Gasteiger charge is -2.07. The molecule has 0 spiro atoms. The van der Waals surface area contributed by atoms with E-state index in [1.807, 2.05) is 0 Å². The number of esters is 1. The third-order valence-corrected chi connectivity index (χ3v) is 2.33. The lowest BCUT2D eigenvalue weighted by molar-refractivity contribution is -0.386. The third-order valence-electron chi connectivity index (χ3n) is 2.33. The van der Waals surface area contributed by atoms with Crippen LogP contribution in [0.2, 0.25) is 0 Å². The number of carbonyl (C=O) groups excluding carboxylic acids is 1. The smallest absolute Gasteiger partial charge is 0.356 e. The second-order valence-electron chi connectivity index (χ2n) is 3.72. The monoisotopic (exact) mass is 300 g/mol. The molecule has 0 aliphatic carbocycles. The summed E-state index contributed by atoms with van der Waals surface area (Å²) in [6, 6.07) is 2.34. The van der Waals surface area contributed by atoms with Gasteiger partial charge in [-0.15, -0.1) is 0 Å². The predicted octanol–water partition coefficient (Wildman–Crippen LogP) is 0.818.